The predicted octanol–water partition coefficient (Wildman–Crippen LogP) is 5.53. The number of hydrogen-bond donors (Lipinski definition) is 5. The number of ether oxygens (including phenoxy) is 2. The molecule has 0 unspecified atom stereocenters. The number of carbonyl (C=O) groups is 2. The summed E-state index contributed by atoms with van der Waals surface area (Å²) < 4.78 is 12.3. The highest BCUT2D eigenvalue weighted by Gasteiger charge is 2.45. The second-order valence-electron chi connectivity index (χ2n) is 14.1. The number of rotatable bonds is 16. The Balaban J connectivity index is 1.48. The van der Waals surface area contributed by atoms with Crippen LogP contribution in [0.25, 0.3) is 0 Å². The van der Waals surface area contributed by atoms with Crippen LogP contribution < -0.4 is 16.1 Å². The first-order chi connectivity index (χ1) is 25.0. The smallest absolute Gasteiger partial charge is 0.407 e. The van der Waals surface area contributed by atoms with Crippen LogP contribution in [0.1, 0.15) is 49.8 Å². The molecular formula is C40H51N5O7. The van der Waals surface area contributed by atoms with E-state index in [-0.39, 0.29) is 37.1 Å². The van der Waals surface area contributed by atoms with Crippen LogP contribution in [0, 0.1) is 0 Å². The zero-order valence-corrected chi connectivity index (χ0v) is 30.2. The SMILES string of the molecule is CC(C)(C)OC(=O)NC[C@H](C[C@](Cc1ccccc1)(C(=O)NCCN1CCOCC1)n1c(O)ccc1O)c1ccc(NOCc2ccccc2)cc1. The molecule has 0 saturated carbocycles. The maximum Gasteiger partial charge on any atom is 0.407 e. The number of nitrogens with one attached hydrogen (secondary N) is 3. The van der Waals surface area contributed by atoms with E-state index in [9.17, 15) is 19.8 Å². The van der Waals surface area contributed by atoms with Gasteiger partial charge in [-0.25, -0.2) is 4.79 Å². The molecule has 3 aromatic carbocycles. The molecule has 2 amide bonds. The number of aromatic hydroxyl groups is 2. The van der Waals surface area contributed by atoms with Gasteiger partial charge in [-0.05, 0) is 56.0 Å². The number of amides is 2. The highest BCUT2D eigenvalue weighted by Crippen LogP contribution is 2.41. The average molecular weight is 714 g/mol. The maximum absolute atomic E-state index is 14.8. The summed E-state index contributed by atoms with van der Waals surface area (Å²) in [6.45, 7) is 9.62. The van der Waals surface area contributed by atoms with Crippen molar-refractivity contribution in [3.63, 3.8) is 0 Å². The number of aromatic nitrogens is 1. The zero-order chi connectivity index (χ0) is 37.0. The van der Waals surface area contributed by atoms with E-state index < -0.39 is 23.2 Å². The Kier molecular flexibility index (Phi) is 13.2. The molecule has 12 nitrogen and oxygen atoms in total. The Morgan fingerprint density at radius 1 is 0.827 bits per heavy atom. The van der Waals surface area contributed by atoms with Gasteiger partial charge in [0.15, 0.2) is 11.8 Å². The van der Waals surface area contributed by atoms with Crippen molar-refractivity contribution >= 4 is 17.7 Å². The topological polar surface area (TPSA) is 147 Å². The van der Waals surface area contributed by atoms with Crippen LogP contribution in [0.15, 0.2) is 97.1 Å². The van der Waals surface area contributed by atoms with Gasteiger partial charge in [0.2, 0.25) is 5.91 Å². The molecule has 12 heteroatoms. The van der Waals surface area contributed by atoms with Crippen LogP contribution in [0.2, 0.25) is 0 Å². The molecule has 5 N–H and O–H groups in total. The molecule has 1 fully saturated rings. The van der Waals surface area contributed by atoms with E-state index in [1.807, 2.05) is 84.9 Å². The van der Waals surface area contributed by atoms with Gasteiger partial charge in [0.25, 0.3) is 0 Å². The van der Waals surface area contributed by atoms with Crippen LogP contribution in [0.3, 0.4) is 0 Å². The summed E-state index contributed by atoms with van der Waals surface area (Å²) in [7, 11) is 0. The van der Waals surface area contributed by atoms with Gasteiger partial charge in [-0.15, -0.1) is 0 Å². The van der Waals surface area contributed by atoms with Crippen LogP contribution in [0.5, 0.6) is 11.8 Å². The second-order valence-corrected chi connectivity index (χ2v) is 14.1. The molecule has 4 aromatic rings. The fraction of sp³-hybridized carbons (Fsp3) is 0.400. The first-order valence-corrected chi connectivity index (χ1v) is 17.7. The second kappa shape index (κ2) is 17.9. The van der Waals surface area contributed by atoms with Crippen molar-refractivity contribution in [2.24, 2.45) is 0 Å². The monoisotopic (exact) mass is 713 g/mol. The third-order valence-corrected chi connectivity index (χ3v) is 8.98. The lowest BCUT2D eigenvalue weighted by Crippen LogP contribution is -2.53. The van der Waals surface area contributed by atoms with Gasteiger partial charge in [-0.2, -0.15) is 0 Å². The third-order valence-electron chi connectivity index (χ3n) is 8.98. The molecule has 1 saturated heterocycles. The Morgan fingerprint density at radius 3 is 2.06 bits per heavy atom. The van der Waals surface area contributed by atoms with Crippen molar-refractivity contribution in [2.75, 3.05) is 51.4 Å². The highest BCUT2D eigenvalue weighted by molar-refractivity contribution is 5.85. The summed E-state index contributed by atoms with van der Waals surface area (Å²) in [6, 6.07) is 29.6. The zero-order valence-electron chi connectivity index (χ0n) is 30.2. The maximum atomic E-state index is 14.8. The van der Waals surface area contributed by atoms with Crippen molar-refractivity contribution < 1.29 is 34.1 Å². The third kappa shape index (κ3) is 10.7. The minimum absolute atomic E-state index is 0.0914. The summed E-state index contributed by atoms with van der Waals surface area (Å²) in [5.74, 6) is -1.38. The Hall–Kier alpha value is -5.04. The van der Waals surface area contributed by atoms with Crippen LogP contribution in [-0.2, 0) is 37.7 Å². The number of hydrogen-bond acceptors (Lipinski definition) is 9. The number of nitrogens with zero attached hydrogens (tertiary/aromatic N) is 2. The van der Waals surface area contributed by atoms with E-state index in [4.69, 9.17) is 14.3 Å². The summed E-state index contributed by atoms with van der Waals surface area (Å²) in [5, 5.41) is 28.5. The van der Waals surface area contributed by atoms with Crippen molar-refractivity contribution in [1.29, 1.82) is 0 Å². The molecule has 0 spiro atoms. The van der Waals surface area contributed by atoms with Crippen LogP contribution in [-0.4, -0.2) is 83.2 Å². The van der Waals surface area contributed by atoms with Crippen LogP contribution >= 0.6 is 0 Å². The molecule has 1 aromatic heterocycles. The van der Waals surface area contributed by atoms with Gasteiger partial charge in [0.05, 0.1) is 25.5 Å². The fourth-order valence-corrected chi connectivity index (χ4v) is 6.46. The number of carbonyl (C=O) groups excluding carboxylic acids is 2. The summed E-state index contributed by atoms with van der Waals surface area (Å²) in [6.07, 6.45) is -0.364. The molecule has 0 aliphatic carbocycles. The number of morpholine rings is 1. The number of benzene rings is 3. The van der Waals surface area contributed by atoms with E-state index in [0.29, 0.717) is 32.9 Å². The number of anilines is 1. The van der Waals surface area contributed by atoms with Crippen LogP contribution in [0.4, 0.5) is 10.5 Å². The first kappa shape index (κ1) is 38.2. The standard InChI is InChI=1S/C40H51N5O7/c1-39(2,3)52-38(49)42-28-33(32-14-16-34(17-15-32)43-51-29-31-12-8-5-9-13-31)27-40(26-30-10-6-4-7-11-30,45-35(46)18-19-36(45)47)37(48)41-20-21-44-22-24-50-25-23-44/h4-19,33,43,46-47H,20-29H2,1-3H3,(H,41,48)(H,42,49)/t33-,40+/m0/s1. The molecule has 2 heterocycles. The molecule has 2 atom stereocenters. The lowest BCUT2D eigenvalue weighted by molar-refractivity contribution is -0.131. The number of alkyl carbamates (subject to hydrolysis) is 1. The van der Waals surface area contributed by atoms with Crippen molar-refractivity contribution in [3.05, 3.63) is 114 Å². The van der Waals surface area contributed by atoms with E-state index in [2.05, 4.69) is 21.0 Å². The molecule has 1 aliphatic rings. The minimum atomic E-state index is -1.53. The van der Waals surface area contributed by atoms with Crippen molar-refractivity contribution in [3.8, 4) is 11.8 Å². The van der Waals surface area contributed by atoms with E-state index in [0.717, 1.165) is 35.5 Å². The molecule has 0 bridgehead atoms. The lowest BCUT2D eigenvalue weighted by atomic mass is 9.78. The van der Waals surface area contributed by atoms with Gasteiger partial charge >= 0.3 is 6.09 Å². The van der Waals surface area contributed by atoms with Gasteiger partial charge < -0.3 is 30.3 Å². The molecule has 52 heavy (non-hydrogen) atoms. The van der Waals surface area contributed by atoms with E-state index >= 15 is 0 Å². The summed E-state index contributed by atoms with van der Waals surface area (Å²) in [5.41, 5.74) is 4.12. The van der Waals surface area contributed by atoms with E-state index in [1.165, 1.54) is 16.7 Å². The Bertz CT molecular complexity index is 1680. The quantitative estimate of drug-likeness (QED) is 0.0947. The van der Waals surface area contributed by atoms with Gasteiger partial charge in [-0.1, -0.05) is 72.8 Å². The normalized spacial score (nSPS) is 15.3. The van der Waals surface area contributed by atoms with Gasteiger partial charge in [-0.3, -0.25) is 24.6 Å². The van der Waals surface area contributed by atoms with Gasteiger partial charge in [0.1, 0.15) is 11.1 Å². The predicted molar refractivity (Wildman–Crippen MR) is 199 cm³/mol. The van der Waals surface area contributed by atoms with Crippen molar-refractivity contribution in [2.45, 2.75) is 57.3 Å². The highest BCUT2D eigenvalue weighted by atomic mass is 16.6. The Labute approximate surface area is 305 Å². The molecule has 0 radical (unpaired) electrons. The lowest BCUT2D eigenvalue weighted by Gasteiger charge is -2.38. The molecule has 5 rings (SSSR count). The molecular weight excluding hydrogens is 662 g/mol. The Morgan fingerprint density at radius 2 is 1.44 bits per heavy atom. The first-order valence-electron chi connectivity index (χ1n) is 17.7. The molecule has 1 aliphatic heterocycles. The fourth-order valence-electron chi connectivity index (χ4n) is 6.46. The molecule has 278 valence electrons. The average Bonchev–Trinajstić information content (AvgIpc) is 3.48. The summed E-state index contributed by atoms with van der Waals surface area (Å²) >= 11 is 0. The summed E-state index contributed by atoms with van der Waals surface area (Å²) in [4.78, 5) is 35.7. The minimum Gasteiger partial charge on any atom is -0.494 e. The van der Waals surface area contributed by atoms with Gasteiger partial charge in [0, 0.05) is 57.2 Å². The van der Waals surface area contributed by atoms with E-state index in [1.54, 1.807) is 20.8 Å². The van der Waals surface area contributed by atoms with Crippen molar-refractivity contribution in [1.82, 2.24) is 20.1 Å². The largest absolute Gasteiger partial charge is 0.494 e.